The van der Waals surface area contributed by atoms with Gasteiger partial charge in [-0.3, -0.25) is 4.79 Å². The molecule has 1 heterocycles. The number of carbonyl (C=O) groups excluding carboxylic acids is 1. The van der Waals surface area contributed by atoms with Gasteiger partial charge in [0, 0.05) is 5.56 Å². The van der Waals surface area contributed by atoms with Crippen molar-refractivity contribution >= 4 is 29.1 Å². The number of carbonyl (C=O) groups is 1. The van der Waals surface area contributed by atoms with E-state index in [-0.39, 0.29) is 18.5 Å². The third-order valence-electron chi connectivity index (χ3n) is 3.87. The zero-order valence-corrected chi connectivity index (χ0v) is 15.8. The van der Waals surface area contributed by atoms with Gasteiger partial charge in [-0.25, -0.2) is 0 Å². The molecule has 8 heteroatoms. The molecule has 0 fully saturated rings. The third kappa shape index (κ3) is 4.39. The maximum absolute atomic E-state index is 12.2. The van der Waals surface area contributed by atoms with Crippen molar-refractivity contribution in [2.24, 2.45) is 0 Å². The molecule has 0 saturated carbocycles. The smallest absolute Gasteiger partial charge is 0.244 e. The molecular formula is C18H17Cl2N5O. The van der Waals surface area contributed by atoms with Gasteiger partial charge in [0.2, 0.25) is 11.7 Å². The number of amides is 1. The fraction of sp³-hybridized carbons (Fsp3) is 0.222. The average Bonchev–Trinajstić information content (AvgIpc) is 3.06. The SMILES string of the molecule is Cc1ccc(-c2nnn(CC(=O)N[C@@H](C)c3ccc(Cl)c(Cl)c3)n2)cc1. The van der Waals surface area contributed by atoms with Gasteiger partial charge >= 0.3 is 0 Å². The Hall–Kier alpha value is -2.44. The molecule has 0 radical (unpaired) electrons. The maximum atomic E-state index is 12.2. The average molecular weight is 390 g/mol. The van der Waals surface area contributed by atoms with Gasteiger partial charge in [0.1, 0.15) is 6.54 Å². The van der Waals surface area contributed by atoms with Crippen LogP contribution in [0.3, 0.4) is 0 Å². The normalized spacial score (nSPS) is 12.0. The number of halogens is 2. The molecule has 3 aromatic rings. The zero-order chi connectivity index (χ0) is 18.7. The number of tetrazole rings is 1. The van der Waals surface area contributed by atoms with E-state index in [1.165, 1.54) is 4.80 Å². The van der Waals surface area contributed by atoms with Gasteiger partial charge in [0.25, 0.3) is 0 Å². The second-order valence-electron chi connectivity index (χ2n) is 5.97. The molecule has 0 aliphatic carbocycles. The van der Waals surface area contributed by atoms with Crippen molar-refractivity contribution in [2.75, 3.05) is 0 Å². The van der Waals surface area contributed by atoms with Gasteiger partial charge < -0.3 is 5.32 Å². The number of nitrogens with one attached hydrogen (secondary N) is 1. The number of nitrogens with zero attached hydrogens (tertiary/aromatic N) is 4. The van der Waals surface area contributed by atoms with Crippen LogP contribution in [0.15, 0.2) is 42.5 Å². The quantitative estimate of drug-likeness (QED) is 0.719. The van der Waals surface area contributed by atoms with Gasteiger partial charge in [-0.05, 0) is 36.8 Å². The van der Waals surface area contributed by atoms with Crippen molar-refractivity contribution in [2.45, 2.75) is 26.4 Å². The standard InChI is InChI=1S/C18H17Cl2N5O/c1-11-3-5-13(6-4-11)18-22-24-25(23-18)10-17(26)21-12(2)14-7-8-15(19)16(20)9-14/h3-9,12H,10H2,1-2H3,(H,21,26)/t12-/m0/s1. The predicted molar refractivity (Wildman–Crippen MR) is 101 cm³/mol. The summed E-state index contributed by atoms with van der Waals surface area (Å²) in [4.78, 5) is 13.5. The van der Waals surface area contributed by atoms with E-state index in [1.807, 2.05) is 44.2 Å². The molecule has 2 aromatic carbocycles. The first kappa shape index (κ1) is 18.4. The summed E-state index contributed by atoms with van der Waals surface area (Å²) < 4.78 is 0. The van der Waals surface area contributed by atoms with Gasteiger partial charge in [-0.15, -0.1) is 10.2 Å². The third-order valence-corrected chi connectivity index (χ3v) is 4.61. The van der Waals surface area contributed by atoms with Crippen molar-refractivity contribution in [3.63, 3.8) is 0 Å². The summed E-state index contributed by atoms with van der Waals surface area (Å²) in [6.45, 7) is 3.85. The van der Waals surface area contributed by atoms with Crippen LogP contribution in [0, 0.1) is 6.92 Å². The molecule has 134 valence electrons. The summed E-state index contributed by atoms with van der Waals surface area (Å²) in [6, 6.07) is 12.8. The molecule has 6 nitrogen and oxygen atoms in total. The summed E-state index contributed by atoms with van der Waals surface area (Å²) in [5.74, 6) is 0.256. The van der Waals surface area contributed by atoms with Crippen LogP contribution >= 0.6 is 23.2 Å². The Kier molecular flexibility index (Phi) is 5.54. The summed E-state index contributed by atoms with van der Waals surface area (Å²) >= 11 is 11.9. The molecule has 1 atom stereocenters. The number of aromatic nitrogens is 4. The molecular weight excluding hydrogens is 373 g/mol. The molecule has 1 amide bonds. The Morgan fingerprint density at radius 1 is 1.15 bits per heavy atom. The van der Waals surface area contributed by atoms with Crippen LogP contribution in [0.2, 0.25) is 10.0 Å². The predicted octanol–water partition coefficient (Wildman–Crippen LogP) is 3.83. The second kappa shape index (κ2) is 7.85. The van der Waals surface area contributed by atoms with Crippen LogP contribution in [0.4, 0.5) is 0 Å². The Bertz CT molecular complexity index is 924. The van der Waals surface area contributed by atoms with Crippen molar-refractivity contribution in [1.82, 2.24) is 25.5 Å². The van der Waals surface area contributed by atoms with E-state index in [4.69, 9.17) is 23.2 Å². The Morgan fingerprint density at radius 3 is 2.58 bits per heavy atom. The lowest BCUT2D eigenvalue weighted by Gasteiger charge is -2.14. The lowest BCUT2D eigenvalue weighted by Crippen LogP contribution is -2.30. The van der Waals surface area contributed by atoms with E-state index in [9.17, 15) is 4.79 Å². The molecule has 0 aliphatic heterocycles. The summed E-state index contributed by atoms with van der Waals surface area (Å²) in [5.41, 5.74) is 2.86. The first-order valence-corrected chi connectivity index (χ1v) is 8.77. The van der Waals surface area contributed by atoms with Gasteiger partial charge in [0.15, 0.2) is 0 Å². The molecule has 26 heavy (non-hydrogen) atoms. The molecule has 0 unspecified atom stereocenters. The van der Waals surface area contributed by atoms with Crippen LogP contribution in [0.25, 0.3) is 11.4 Å². The lowest BCUT2D eigenvalue weighted by atomic mass is 10.1. The van der Waals surface area contributed by atoms with Crippen LogP contribution in [0.5, 0.6) is 0 Å². The first-order valence-electron chi connectivity index (χ1n) is 8.01. The van der Waals surface area contributed by atoms with Crippen LogP contribution in [0.1, 0.15) is 24.1 Å². The van der Waals surface area contributed by atoms with Crippen molar-refractivity contribution in [3.05, 3.63) is 63.6 Å². The number of rotatable bonds is 5. The highest BCUT2D eigenvalue weighted by molar-refractivity contribution is 6.42. The van der Waals surface area contributed by atoms with E-state index in [2.05, 4.69) is 20.7 Å². The minimum absolute atomic E-state index is 0.0233. The number of benzene rings is 2. The van der Waals surface area contributed by atoms with Gasteiger partial charge in [-0.2, -0.15) is 4.80 Å². The van der Waals surface area contributed by atoms with E-state index in [0.29, 0.717) is 15.9 Å². The minimum Gasteiger partial charge on any atom is -0.348 e. The first-order chi connectivity index (χ1) is 12.4. The number of aryl methyl sites for hydroxylation is 1. The van der Waals surface area contributed by atoms with E-state index in [0.717, 1.165) is 16.7 Å². The topological polar surface area (TPSA) is 72.7 Å². The van der Waals surface area contributed by atoms with E-state index < -0.39 is 0 Å². The molecule has 0 aliphatic rings. The number of hydrogen-bond acceptors (Lipinski definition) is 4. The monoisotopic (exact) mass is 389 g/mol. The molecule has 0 saturated heterocycles. The van der Waals surface area contributed by atoms with Crippen molar-refractivity contribution in [3.8, 4) is 11.4 Å². The summed E-state index contributed by atoms with van der Waals surface area (Å²) in [6.07, 6.45) is 0. The highest BCUT2D eigenvalue weighted by Gasteiger charge is 2.13. The van der Waals surface area contributed by atoms with Crippen LogP contribution < -0.4 is 5.32 Å². The zero-order valence-electron chi connectivity index (χ0n) is 14.3. The fourth-order valence-electron chi connectivity index (χ4n) is 2.41. The minimum atomic E-state index is -0.226. The molecule has 1 N–H and O–H groups in total. The highest BCUT2D eigenvalue weighted by atomic mass is 35.5. The molecule has 0 bridgehead atoms. The summed E-state index contributed by atoms with van der Waals surface area (Å²) in [7, 11) is 0. The lowest BCUT2D eigenvalue weighted by molar-refractivity contribution is -0.122. The van der Waals surface area contributed by atoms with E-state index >= 15 is 0 Å². The Labute approximate surface area is 161 Å². The van der Waals surface area contributed by atoms with Gasteiger partial charge in [0.05, 0.1) is 16.1 Å². The maximum Gasteiger partial charge on any atom is 0.244 e. The van der Waals surface area contributed by atoms with Gasteiger partial charge in [-0.1, -0.05) is 59.1 Å². The fourth-order valence-corrected chi connectivity index (χ4v) is 2.72. The Morgan fingerprint density at radius 2 is 1.88 bits per heavy atom. The molecule has 3 rings (SSSR count). The largest absolute Gasteiger partial charge is 0.348 e. The Balaban J connectivity index is 1.63. The molecule has 1 aromatic heterocycles. The van der Waals surface area contributed by atoms with Crippen molar-refractivity contribution in [1.29, 1.82) is 0 Å². The second-order valence-corrected chi connectivity index (χ2v) is 6.79. The summed E-state index contributed by atoms with van der Waals surface area (Å²) in [5, 5.41) is 16.0. The highest BCUT2D eigenvalue weighted by Crippen LogP contribution is 2.25. The van der Waals surface area contributed by atoms with Crippen LogP contribution in [-0.4, -0.2) is 26.1 Å². The van der Waals surface area contributed by atoms with Crippen LogP contribution in [-0.2, 0) is 11.3 Å². The molecule has 0 spiro atoms. The van der Waals surface area contributed by atoms with Crippen molar-refractivity contribution < 1.29 is 4.79 Å². The number of hydrogen-bond donors (Lipinski definition) is 1. The van der Waals surface area contributed by atoms with E-state index in [1.54, 1.807) is 12.1 Å².